The van der Waals surface area contributed by atoms with Crippen molar-refractivity contribution in [2.45, 2.75) is 26.8 Å². The second kappa shape index (κ2) is 4.77. The number of nitrogens with zero attached hydrogens (tertiary/aromatic N) is 2. The highest BCUT2D eigenvalue weighted by atomic mass is 16.2. The van der Waals surface area contributed by atoms with Gasteiger partial charge < -0.3 is 10.6 Å². The van der Waals surface area contributed by atoms with Crippen LogP contribution in [0.4, 0.5) is 5.69 Å². The van der Waals surface area contributed by atoms with Crippen LogP contribution in [0.15, 0.2) is 18.5 Å². The molecule has 2 N–H and O–H groups in total. The molecule has 1 amide bonds. The van der Waals surface area contributed by atoms with E-state index >= 15 is 0 Å². The first-order valence-electron chi connectivity index (χ1n) is 5.08. The van der Waals surface area contributed by atoms with Crippen molar-refractivity contribution in [1.82, 2.24) is 9.88 Å². The lowest BCUT2D eigenvalue weighted by molar-refractivity contribution is 0.0718. The van der Waals surface area contributed by atoms with Gasteiger partial charge in [-0.3, -0.25) is 9.78 Å². The van der Waals surface area contributed by atoms with Crippen LogP contribution >= 0.6 is 0 Å². The molecule has 1 aromatic rings. The summed E-state index contributed by atoms with van der Waals surface area (Å²) in [5.74, 6) is -0.0348. The van der Waals surface area contributed by atoms with Crippen molar-refractivity contribution >= 4 is 11.6 Å². The van der Waals surface area contributed by atoms with Crippen LogP contribution in [0, 0.1) is 0 Å². The number of anilines is 1. The number of hydrogen-bond donors (Lipinski definition) is 1. The molecule has 0 aliphatic heterocycles. The van der Waals surface area contributed by atoms with Crippen LogP contribution in [-0.2, 0) is 0 Å². The van der Waals surface area contributed by atoms with Crippen molar-refractivity contribution in [3.63, 3.8) is 0 Å². The Kier molecular flexibility index (Phi) is 3.66. The molecule has 0 unspecified atom stereocenters. The number of pyridine rings is 1. The van der Waals surface area contributed by atoms with E-state index in [4.69, 9.17) is 5.73 Å². The molecule has 0 saturated heterocycles. The smallest absolute Gasteiger partial charge is 0.256 e. The molecular formula is C11H17N3O. The molecule has 1 aromatic heterocycles. The number of hydrogen-bond acceptors (Lipinski definition) is 3. The summed E-state index contributed by atoms with van der Waals surface area (Å²) >= 11 is 0. The van der Waals surface area contributed by atoms with Gasteiger partial charge in [0.2, 0.25) is 0 Å². The maximum atomic E-state index is 12.1. The monoisotopic (exact) mass is 207 g/mol. The average molecular weight is 207 g/mol. The minimum atomic E-state index is -0.0348. The average Bonchev–Trinajstić information content (AvgIpc) is 2.18. The quantitative estimate of drug-likeness (QED) is 0.817. The summed E-state index contributed by atoms with van der Waals surface area (Å²) in [5.41, 5.74) is 6.66. The largest absolute Gasteiger partial charge is 0.397 e. The SMILES string of the molecule is CCN(C(=O)c1ccncc1N)C(C)C. The van der Waals surface area contributed by atoms with E-state index in [1.165, 1.54) is 6.20 Å². The first kappa shape index (κ1) is 11.5. The van der Waals surface area contributed by atoms with E-state index in [-0.39, 0.29) is 11.9 Å². The standard InChI is InChI=1S/C11H17N3O/c1-4-14(8(2)3)11(15)9-5-6-13-7-10(9)12/h5-8H,4,12H2,1-3H3. The van der Waals surface area contributed by atoms with E-state index in [0.717, 1.165) is 0 Å². The number of rotatable bonds is 3. The van der Waals surface area contributed by atoms with E-state index in [9.17, 15) is 4.79 Å². The number of nitrogens with two attached hydrogens (primary N) is 1. The Labute approximate surface area is 90.1 Å². The van der Waals surface area contributed by atoms with E-state index in [0.29, 0.717) is 17.8 Å². The second-order valence-electron chi connectivity index (χ2n) is 3.65. The molecule has 0 aromatic carbocycles. The lowest BCUT2D eigenvalue weighted by Crippen LogP contribution is -2.37. The van der Waals surface area contributed by atoms with Gasteiger partial charge in [0.15, 0.2) is 0 Å². The number of carbonyl (C=O) groups is 1. The van der Waals surface area contributed by atoms with Gasteiger partial charge in [-0.2, -0.15) is 0 Å². The second-order valence-corrected chi connectivity index (χ2v) is 3.65. The number of nitrogen functional groups attached to an aromatic ring is 1. The molecule has 0 spiro atoms. The Morgan fingerprint density at radius 1 is 1.60 bits per heavy atom. The third-order valence-corrected chi connectivity index (χ3v) is 2.31. The molecule has 1 heterocycles. The normalized spacial score (nSPS) is 10.4. The molecule has 0 atom stereocenters. The van der Waals surface area contributed by atoms with Crippen LogP contribution in [0.2, 0.25) is 0 Å². The molecule has 0 bridgehead atoms. The van der Waals surface area contributed by atoms with Crippen LogP contribution in [0.3, 0.4) is 0 Å². The summed E-state index contributed by atoms with van der Waals surface area (Å²) < 4.78 is 0. The fraction of sp³-hybridized carbons (Fsp3) is 0.455. The van der Waals surface area contributed by atoms with Gasteiger partial charge in [0.25, 0.3) is 5.91 Å². The Morgan fingerprint density at radius 3 is 2.73 bits per heavy atom. The number of carbonyl (C=O) groups excluding carboxylic acids is 1. The zero-order chi connectivity index (χ0) is 11.4. The van der Waals surface area contributed by atoms with E-state index in [1.54, 1.807) is 17.2 Å². The molecule has 0 aliphatic rings. The summed E-state index contributed by atoms with van der Waals surface area (Å²) in [7, 11) is 0. The highest BCUT2D eigenvalue weighted by molar-refractivity contribution is 5.98. The van der Waals surface area contributed by atoms with E-state index in [2.05, 4.69) is 4.98 Å². The lowest BCUT2D eigenvalue weighted by atomic mass is 10.2. The predicted octanol–water partition coefficient (Wildman–Crippen LogP) is 1.53. The van der Waals surface area contributed by atoms with E-state index in [1.807, 2.05) is 20.8 Å². The highest BCUT2D eigenvalue weighted by Crippen LogP contribution is 2.13. The first-order chi connectivity index (χ1) is 7.07. The summed E-state index contributed by atoms with van der Waals surface area (Å²) in [6, 6.07) is 1.83. The van der Waals surface area contributed by atoms with E-state index < -0.39 is 0 Å². The summed E-state index contributed by atoms with van der Waals surface area (Å²) in [6.07, 6.45) is 3.08. The molecule has 0 saturated carbocycles. The minimum Gasteiger partial charge on any atom is -0.397 e. The topological polar surface area (TPSA) is 59.2 Å². The predicted molar refractivity (Wildman–Crippen MR) is 60.5 cm³/mol. The van der Waals surface area contributed by atoms with Crippen LogP contribution in [0.1, 0.15) is 31.1 Å². The van der Waals surface area contributed by atoms with Crippen molar-refractivity contribution in [3.8, 4) is 0 Å². The molecular weight excluding hydrogens is 190 g/mol. The van der Waals surface area contributed by atoms with Crippen molar-refractivity contribution in [1.29, 1.82) is 0 Å². The van der Waals surface area contributed by atoms with Crippen LogP contribution in [0.25, 0.3) is 0 Å². The molecule has 15 heavy (non-hydrogen) atoms. The minimum absolute atomic E-state index is 0.0348. The Morgan fingerprint density at radius 2 is 2.27 bits per heavy atom. The van der Waals surface area contributed by atoms with Gasteiger partial charge in [-0.25, -0.2) is 0 Å². The molecule has 4 nitrogen and oxygen atoms in total. The third kappa shape index (κ3) is 2.46. The van der Waals surface area contributed by atoms with Gasteiger partial charge in [-0.05, 0) is 26.8 Å². The zero-order valence-electron chi connectivity index (χ0n) is 9.40. The van der Waals surface area contributed by atoms with Gasteiger partial charge >= 0.3 is 0 Å². The van der Waals surface area contributed by atoms with Crippen molar-refractivity contribution < 1.29 is 4.79 Å². The van der Waals surface area contributed by atoms with Gasteiger partial charge in [0.05, 0.1) is 17.4 Å². The van der Waals surface area contributed by atoms with Crippen LogP contribution in [-0.4, -0.2) is 28.4 Å². The molecule has 4 heteroatoms. The fourth-order valence-corrected chi connectivity index (χ4v) is 1.50. The maximum Gasteiger partial charge on any atom is 0.256 e. The van der Waals surface area contributed by atoms with Gasteiger partial charge in [-0.15, -0.1) is 0 Å². The summed E-state index contributed by atoms with van der Waals surface area (Å²) in [5, 5.41) is 0. The van der Waals surface area contributed by atoms with Gasteiger partial charge in [0.1, 0.15) is 0 Å². The molecule has 0 fully saturated rings. The Hall–Kier alpha value is -1.58. The third-order valence-electron chi connectivity index (χ3n) is 2.31. The molecule has 1 rings (SSSR count). The fourth-order valence-electron chi connectivity index (χ4n) is 1.50. The molecule has 0 radical (unpaired) electrons. The number of aromatic nitrogens is 1. The van der Waals surface area contributed by atoms with Gasteiger partial charge in [0, 0.05) is 18.8 Å². The highest BCUT2D eigenvalue weighted by Gasteiger charge is 2.18. The first-order valence-corrected chi connectivity index (χ1v) is 5.08. The summed E-state index contributed by atoms with van der Waals surface area (Å²) in [6.45, 7) is 6.60. The van der Waals surface area contributed by atoms with Crippen molar-refractivity contribution in [3.05, 3.63) is 24.0 Å². The molecule has 0 aliphatic carbocycles. The van der Waals surface area contributed by atoms with Crippen molar-refractivity contribution in [2.75, 3.05) is 12.3 Å². The Balaban J connectivity index is 2.98. The zero-order valence-corrected chi connectivity index (χ0v) is 9.40. The summed E-state index contributed by atoms with van der Waals surface area (Å²) in [4.78, 5) is 17.7. The van der Waals surface area contributed by atoms with Crippen LogP contribution < -0.4 is 5.73 Å². The van der Waals surface area contributed by atoms with Gasteiger partial charge in [-0.1, -0.05) is 0 Å². The molecule has 82 valence electrons. The van der Waals surface area contributed by atoms with Crippen molar-refractivity contribution in [2.24, 2.45) is 0 Å². The number of amides is 1. The lowest BCUT2D eigenvalue weighted by Gasteiger charge is -2.25. The maximum absolute atomic E-state index is 12.1. The van der Waals surface area contributed by atoms with Crippen LogP contribution in [0.5, 0.6) is 0 Å². The Bertz CT molecular complexity index is 349.